The van der Waals surface area contributed by atoms with Gasteiger partial charge in [0.05, 0.1) is 6.61 Å². The van der Waals surface area contributed by atoms with Crippen molar-refractivity contribution in [2.24, 2.45) is 0 Å². The molecule has 0 aromatic carbocycles. The molecule has 0 atom stereocenters. The molecular weight excluding hydrogens is 330 g/mol. The average Bonchev–Trinajstić information content (AvgIpc) is 2.62. The molecule has 0 unspecified atom stereocenters. The minimum Gasteiger partial charge on any atom is -1.00 e. The summed E-state index contributed by atoms with van der Waals surface area (Å²) >= 11 is 0. The monoisotopic (exact) mass is 369 g/mol. The van der Waals surface area contributed by atoms with Gasteiger partial charge < -0.3 is 17.1 Å². The normalized spacial score (nSPS) is 14.7. The summed E-state index contributed by atoms with van der Waals surface area (Å²) in [4.78, 5) is 0. The first kappa shape index (κ1) is 24.2. The van der Waals surface area contributed by atoms with Crippen LogP contribution in [0.5, 0.6) is 0 Å². The minimum absolute atomic E-state index is 0. The Balaban J connectivity index is 0.00000576. The molecule has 0 saturated heterocycles. The number of halogens is 1. The summed E-state index contributed by atoms with van der Waals surface area (Å²) in [5.74, 6) is 0. The van der Waals surface area contributed by atoms with E-state index < -0.39 is 0 Å². The zero-order valence-electron chi connectivity index (χ0n) is 16.4. The highest BCUT2D eigenvalue weighted by atomic mass is 35.5. The molecule has 0 N–H and O–H groups in total. The van der Waals surface area contributed by atoms with Crippen molar-refractivity contribution in [3.8, 4) is 0 Å². The second kappa shape index (κ2) is 19.6. The van der Waals surface area contributed by atoms with Crippen molar-refractivity contribution in [3.05, 3.63) is 24.4 Å². The number of nitrogens with zero attached hydrogens (tertiary/aromatic N) is 1. The van der Waals surface area contributed by atoms with Crippen LogP contribution in [0.4, 0.5) is 0 Å². The third kappa shape index (κ3) is 16.5. The number of hydrogen-bond acceptors (Lipinski definition) is 1. The molecule has 3 heteroatoms. The SMILES string of the molecule is CCCCCCCCCCCCCCCCOC=[N+]1C=CC=CC1.[Cl-]. The van der Waals surface area contributed by atoms with Crippen LogP contribution in [0.2, 0.25) is 0 Å². The van der Waals surface area contributed by atoms with Gasteiger partial charge in [-0.3, -0.25) is 0 Å². The third-order valence-electron chi connectivity index (χ3n) is 4.67. The lowest BCUT2D eigenvalue weighted by atomic mass is 10.0. The lowest BCUT2D eigenvalue weighted by molar-refractivity contribution is -0.450. The highest BCUT2D eigenvalue weighted by Gasteiger charge is 1.99. The first-order valence-electron chi connectivity index (χ1n) is 10.5. The maximum Gasteiger partial charge on any atom is 0.329 e. The molecule has 2 nitrogen and oxygen atoms in total. The van der Waals surface area contributed by atoms with E-state index in [2.05, 4.69) is 23.7 Å². The van der Waals surface area contributed by atoms with Gasteiger partial charge in [-0.1, -0.05) is 96.5 Å². The Morgan fingerprint density at radius 3 is 1.76 bits per heavy atom. The van der Waals surface area contributed by atoms with Gasteiger partial charge in [0.1, 0.15) is 0 Å². The molecule has 0 amide bonds. The highest BCUT2D eigenvalue weighted by molar-refractivity contribution is 5.40. The predicted molar refractivity (Wildman–Crippen MR) is 106 cm³/mol. The van der Waals surface area contributed by atoms with E-state index >= 15 is 0 Å². The lowest BCUT2D eigenvalue weighted by Crippen LogP contribution is -3.00. The zero-order valence-corrected chi connectivity index (χ0v) is 17.2. The number of unbranched alkanes of at least 4 members (excludes halogenated alkanes) is 13. The topological polar surface area (TPSA) is 12.2 Å². The van der Waals surface area contributed by atoms with E-state index in [-0.39, 0.29) is 12.4 Å². The molecule has 0 aromatic heterocycles. The fraction of sp³-hybridized carbons (Fsp3) is 0.773. The van der Waals surface area contributed by atoms with Crippen molar-refractivity contribution in [1.29, 1.82) is 0 Å². The van der Waals surface area contributed by atoms with Gasteiger partial charge in [0.25, 0.3) is 0 Å². The summed E-state index contributed by atoms with van der Waals surface area (Å²) < 4.78 is 7.67. The van der Waals surface area contributed by atoms with Crippen LogP contribution in [0.3, 0.4) is 0 Å². The minimum atomic E-state index is 0. The van der Waals surface area contributed by atoms with Crippen LogP contribution in [0.1, 0.15) is 96.8 Å². The summed E-state index contributed by atoms with van der Waals surface area (Å²) in [7, 11) is 0. The van der Waals surface area contributed by atoms with Crippen LogP contribution in [0, 0.1) is 0 Å². The third-order valence-corrected chi connectivity index (χ3v) is 4.67. The van der Waals surface area contributed by atoms with Crippen molar-refractivity contribution >= 4 is 6.40 Å². The van der Waals surface area contributed by atoms with Gasteiger partial charge in [-0.25, -0.2) is 0 Å². The van der Waals surface area contributed by atoms with Crippen molar-refractivity contribution in [2.45, 2.75) is 96.8 Å². The van der Waals surface area contributed by atoms with E-state index in [1.54, 1.807) is 0 Å². The van der Waals surface area contributed by atoms with Crippen LogP contribution < -0.4 is 12.4 Å². The number of hydrogen-bond donors (Lipinski definition) is 0. The molecule has 1 aliphatic heterocycles. The van der Waals surface area contributed by atoms with Gasteiger partial charge in [0.2, 0.25) is 0 Å². The highest BCUT2D eigenvalue weighted by Crippen LogP contribution is 2.12. The summed E-state index contributed by atoms with van der Waals surface area (Å²) in [5, 5.41) is 0. The Hall–Kier alpha value is -0.760. The van der Waals surface area contributed by atoms with Gasteiger partial charge in [-0.15, -0.1) is 0 Å². The molecule has 0 aliphatic carbocycles. The maximum absolute atomic E-state index is 5.60. The molecule has 1 rings (SSSR count). The number of rotatable bonds is 16. The second-order valence-corrected chi connectivity index (χ2v) is 7.04. The van der Waals surface area contributed by atoms with Gasteiger partial charge in [-0.2, -0.15) is 4.58 Å². The molecule has 0 aromatic rings. The fourth-order valence-electron chi connectivity index (χ4n) is 3.09. The molecule has 0 fully saturated rings. The molecule has 146 valence electrons. The van der Waals surface area contributed by atoms with E-state index in [1.807, 2.05) is 18.7 Å². The maximum atomic E-state index is 5.60. The van der Waals surface area contributed by atoms with Crippen LogP contribution in [0.15, 0.2) is 24.4 Å². The Bertz CT molecular complexity index is 363. The zero-order chi connectivity index (χ0) is 17.1. The molecule has 1 aliphatic rings. The molecule has 0 radical (unpaired) electrons. The number of ether oxygens (including phenoxy) is 1. The summed E-state index contributed by atoms with van der Waals surface area (Å²) in [6.07, 6.45) is 29.8. The van der Waals surface area contributed by atoms with Crippen LogP contribution in [-0.2, 0) is 4.74 Å². The largest absolute Gasteiger partial charge is 1.00 e. The van der Waals surface area contributed by atoms with Crippen molar-refractivity contribution < 1.29 is 21.7 Å². The van der Waals surface area contributed by atoms with Crippen LogP contribution in [0.25, 0.3) is 0 Å². The quantitative estimate of drug-likeness (QED) is 0.230. The smallest absolute Gasteiger partial charge is 0.329 e. The van der Waals surface area contributed by atoms with Crippen molar-refractivity contribution in [3.63, 3.8) is 0 Å². The van der Waals surface area contributed by atoms with E-state index in [4.69, 9.17) is 4.74 Å². The summed E-state index contributed by atoms with van der Waals surface area (Å²) in [6.45, 7) is 4.07. The van der Waals surface area contributed by atoms with Gasteiger partial charge in [0.15, 0.2) is 12.7 Å². The molecule has 0 bridgehead atoms. The van der Waals surface area contributed by atoms with Crippen molar-refractivity contribution in [1.82, 2.24) is 0 Å². The summed E-state index contributed by atoms with van der Waals surface area (Å²) in [5.41, 5.74) is 0. The standard InChI is InChI=1S/C22H40NO.ClH/c1-2-3-4-5-6-7-8-9-10-11-12-13-14-18-21-24-22-23-19-16-15-17-20-23;/h15-17,19,22H,2-14,18,20-21H2,1H3;1H/q+1;/p-1. The molecule has 0 spiro atoms. The molecular formula is C22H40ClNO. The molecule has 1 heterocycles. The number of allylic oxidation sites excluding steroid dienone is 2. The lowest BCUT2D eigenvalue weighted by Gasteiger charge is -2.03. The van der Waals surface area contributed by atoms with Crippen LogP contribution >= 0.6 is 0 Å². The summed E-state index contributed by atoms with van der Waals surface area (Å²) in [6, 6.07) is 0. The second-order valence-electron chi connectivity index (χ2n) is 7.04. The molecule has 25 heavy (non-hydrogen) atoms. The van der Waals surface area contributed by atoms with Crippen molar-refractivity contribution in [2.75, 3.05) is 13.2 Å². The van der Waals surface area contributed by atoms with E-state index in [9.17, 15) is 0 Å². The van der Waals surface area contributed by atoms with Gasteiger partial charge in [-0.05, 0) is 12.5 Å². The van der Waals surface area contributed by atoms with E-state index in [1.165, 1.54) is 89.9 Å². The first-order valence-corrected chi connectivity index (χ1v) is 10.5. The Morgan fingerprint density at radius 1 is 0.760 bits per heavy atom. The van der Waals surface area contributed by atoms with Gasteiger partial charge >= 0.3 is 6.40 Å². The Kier molecular flexibility index (Phi) is 19.0. The van der Waals surface area contributed by atoms with Crippen LogP contribution in [-0.4, -0.2) is 24.1 Å². The fourth-order valence-corrected chi connectivity index (χ4v) is 3.09. The van der Waals surface area contributed by atoms with Gasteiger partial charge in [0, 0.05) is 6.08 Å². The predicted octanol–water partition coefficient (Wildman–Crippen LogP) is 3.61. The molecule has 0 saturated carbocycles. The average molecular weight is 370 g/mol. The Morgan fingerprint density at radius 2 is 1.28 bits per heavy atom. The van der Waals surface area contributed by atoms with E-state index in [0.29, 0.717) is 0 Å². The Labute approximate surface area is 162 Å². The first-order chi connectivity index (χ1) is 11.9. The van der Waals surface area contributed by atoms with E-state index in [0.717, 1.165) is 13.2 Å².